The summed E-state index contributed by atoms with van der Waals surface area (Å²) in [6.07, 6.45) is 0.786. The van der Waals surface area contributed by atoms with Crippen LogP contribution in [-0.4, -0.2) is 60.2 Å². The molecule has 6 nitrogen and oxygen atoms in total. The predicted molar refractivity (Wildman–Crippen MR) is 85.8 cm³/mol. The van der Waals surface area contributed by atoms with Crippen molar-refractivity contribution in [1.29, 1.82) is 0 Å². The Bertz CT molecular complexity index is 578. The molecule has 0 saturated carbocycles. The molecule has 122 valence electrons. The van der Waals surface area contributed by atoms with Crippen LogP contribution in [0.3, 0.4) is 0 Å². The van der Waals surface area contributed by atoms with Crippen LogP contribution >= 0.6 is 0 Å². The van der Waals surface area contributed by atoms with Gasteiger partial charge in [0.25, 0.3) is 0 Å². The molecule has 0 spiro atoms. The quantitative estimate of drug-likeness (QED) is 0.774. The summed E-state index contributed by atoms with van der Waals surface area (Å²) in [5.74, 6) is -0.293. The lowest BCUT2D eigenvalue weighted by Gasteiger charge is -2.36. The number of para-hydroxylation sites is 1. The second kappa shape index (κ2) is 6.81. The van der Waals surface area contributed by atoms with Gasteiger partial charge in [0.2, 0.25) is 17.7 Å². The molecule has 2 heterocycles. The van der Waals surface area contributed by atoms with Crippen molar-refractivity contribution in [2.45, 2.75) is 19.3 Å². The highest BCUT2D eigenvalue weighted by Gasteiger charge is 2.30. The molecule has 0 N–H and O–H groups in total. The number of amides is 3. The van der Waals surface area contributed by atoms with Crippen molar-refractivity contribution in [3.63, 3.8) is 0 Å². The van der Waals surface area contributed by atoms with Gasteiger partial charge >= 0.3 is 0 Å². The summed E-state index contributed by atoms with van der Waals surface area (Å²) >= 11 is 0. The maximum atomic E-state index is 12.3. The van der Waals surface area contributed by atoms with E-state index in [1.807, 2.05) is 23.1 Å². The maximum absolute atomic E-state index is 12.3. The zero-order chi connectivity index (χ0) is 16.2. The van der Waals surface area contributed by atoms with Gasteiger partial charge in [-0.3, -0.25) is 19.3 Å². The van der Waals surface area contributed by atoms with E-state index in [-0.39, 0.29) is 43.5 Å². The monoisotopic (exact) mass is 315 g/mol. The van der Waals surface area contributed by atoms with Crippen LogP contribution in [-0.2, 0) is 14.4 Å². The van der Waals surface area contributed by atoms with Gasteiger partial charge in [-0.2, -0.15) is 0 Å². The Labute approximate surface area is 135 Å². The molecule has 23 heavy (non-hydrogen) atoms. The molecular formula is C17H21N3O3. The number of carbonyl (C=O) groups is 3. The summed E-state index contributed by atoms with van der Waals surface area (Å²) < 4.78 is 0. The van der Waals surface area contributed by atoms with Crippen LogP contribution in [0.1, 0.15) is 19.3 Å². The molecule has 6 heteroatoms. The van der Waals surface area contributed by atoms with Gasteiger partial charge in [-0.25, -0.2) is 0 Å². The molecular weight excluding hydrogens is 294 g/mol. The molecule has 1 aromatic carbocycles. The molecule has 2 aliphatic rings. The first kappa shape index (κ1) is 15.5. The minimum absolute atomic E-state index is 0.0187. The SMILES string of the molecule is O=C(CCN1C(=O)CCC1=O)N1CCN(c2ccccc2)CC1. The summed E-state index contributed by atoms with van der Waals surface area (Å²) in [4.78, 5) is 40.7. The standard InChI is InChI=1S/C17H21N3O3/c21-15(8-9-20-16(22)6-7-17(20)23)19-12-10-18(11-13-19)14-4-2-1-3-5-14/h1-5H,6-13H2. The van der Waals surface area contributed by atoms with Crippen molar-refractivity contribution in [2.75, 3.05) is 37.6 Å². The highest BCUT2D eigenvalue weighted by atomic mass is 16.2. The van der Waals surface area contributed by atoms with Gasteiger partial charge in [0, 0.05) is 57.7 Å². The third-order valence-corrected chi connectivity index (χ3v) is 4.46. The number of hydrogen-bond acceptors (Lipinski definition) is 4. The highest BCUT2D eigenvalue weighted by Crippen LogP contribution is 2.16. The zero-order valence-electron chi connectivity index (χ0n) is 13.1. The Kier molecular flexibility index (Phi) is 4.60. The Morgan fingerprint density at radius 1 is 0.913 bits per heavy atom. The number of benzene rings is 1. The van der Waals surface area contributed by atoms with Crippen molar-refractivity contribution >= 4 is 23.4 Å². The smallest absolute Gasteiger partial charge is 0.229 e. The zero-order valence-corrected chi connectivity index (χ0v) is 13.1. The van der Waals surface area contributed by atoms with Crippen LogP contribution in [0.2, 0.25) is 0 Å². The predicted octanol–water partition coefficient (Wildman–Crippen LogP) is 0.874. The van der Waals surface area contributed by atoms with E-state index in [4.69, 9.17) is 0 Å². The van der Waals surface area contributed by atoms with Crippen LogP contribution < -0.4 is 4.90 Å². The molecule has 0 unspecified atom stereocenters. The average molecular weight is 315 g/mol. The van der Waals surface area contributed by atoms with E-state index in [1.165, 1.54) is 10.6 Å². The van der Waals surface area contributed by atoms with Crippen LogP contribution in [0.5, 0.6) is 0 Å². The van der Waals surface area contributed by atoms with E-state index in [2.05, 4.69) is 17.0 Å². The van der Waals surface area contributed by atoms with Crippen LogP contribution in [0.15, 0.2) is 30.3 Å². The van der Waals surface area contributed by atoms with E-state index in [1.54, 1.807) is 0 Å². The minimum atomic E-state index is -0.156. The molecule has 0 atom stereocenters. The Balaban J connectivity index is 1.47. The van der Waals surface area contributed by atoms with E-state index in [0.717, 1.165) is 13.1 Å². The molecule has 0 bridgehead atoms. The van der Waals surface area contributed by atoms with Gasteiger partial charge in [-0.15, -0.1) is 0 Å². The lowest BCUT2D eigenvalue weighted by molar-refractivity contribution is -0.139. The first-order chi connectivity index (χ1) is 11.1. The molecule has 2 fully saturated rings. The number of likely N-dealkylation sites (tertiary alicyclic amines) is 1. The second-order valence-electron chi connectivity index (χ2n) is 5.89. The first-order valence-electron chi connectivity index (χ1n) is 8.06. The third kappa shape index (κ3) is 3.52. The minimum Gasteiger partial charge on any atom is -0.368 e. The Hall–Kier alpha value is -2.37. The molecule has 0 aliphatic carbocycles. The van der Waals surface area contributed by atoms with Gasteiger partial charge in [0.05, 0.1) is 0 Å². The molecule has 2 aliphatic heterocycles. The van der Waals surface area contributed by atoms with E-state index in [9.17, 15) is 14.4 Å². The second-order valence-corrected chi connectivity index (χ2v) is 5.89. The number of anilines is 1. The number of piperazine rings is 1. The fourth-order valence-corrected chi connectivity index (χ4v) is 3.09. The molecule has 2 saturated heterocycles. The number of hydrogen-bond donors (Lipinski definition) is 0. The van der Waals surface area contributed by atoms with E-state index >= 15 is 0 Å². The van der Waals surface area contributed by atoms with Crippen LogP contribution in [0, 0.1) is 0 Å². The van der Waals surface area contributed by atoms with E-state index < -0.39 is 0 Å². The van der Waals surface area contributed by atoms with Gasteiger partial charge in [-0.1, -0.05) is 18.2 Å². The van der Waals surface area contributed by atoms with Crippen LogP contribution in [0.4, 0.5) is 5.69 Å². The van der Waals surface area contributed by atoms with Crippen molar-refractivity contribution in [3.8, 4) is 0 Å². The fraction of sp³-hybridized carbons (Fsp3) is 0.471. The number of imide groups is 1. The summed E-state index contributed by atoms with van der Waals surface area (Å²) in [7, 11) is 0. The molecule has 3 amide bonds. The molecule has 0 aromatic heterocycles. The van der Waals surface area contributed by atoms with Gasteiger partial charge in [0.1, 0.15) is 0 Å². The van der Waals surface area contributed by atoms with Gasteiger partial charge in [-0.05, 0) is 12.1 Å². The molecule has 3 rings (SSSR count). The van der Waals surface area contributed by atoms with Crippen molar-refractivity contribution in [2.24, 2.45) is 0 Å². The maximum Gasteiger partial charge on any atom is 0.229 e. The summed E-state index contributed by atoms with van der Waals surface area (Å²) in [5, 5.41) is 0. The number of rotatable bonds is 4. The normalized spacial score (nSPS) is 18.7. The highest BCUT2D eigenvalue weighted by molar-refractivity contribution is 6.02. The average Bonchev–Trinajstić information content (AvgIpc) is 2.92. The fourth-order valence-electron chi connectivity index (χ4n) is 3.09. The lowest BCUT2D eigenvalue weighted by atomic mass is 10.2. The third-order valence-electron chi connectivity index (χ3n) is 4.46. The van der Waals surface area contributed by atoms with Crippen LogP contribution in [0.25, 0.3) is 0 Å². The molecule has 0 radical (unpaired) electrons. The Morgan fingerprint density at radius 2 is 1.52 bits per heavy atom. The van der Waals surface area contributed by atoms with Crippen molar-refractivity contribution in [1.82, 2.24) is 9.80 Å². The van der Waals surface area contributed by atoms with E-state index in [0.29, 0.717) is 13.1 Å². The summed E-state index contributed by atoms with van der Waals surface area (Å²) in [5.41, 5.74) is 1.17. The van der Waals surface area contributed by atoms with Crippen molar-refractivity contribution in [3.05, 3.63) is 30.3 Å². The summed E-state index contributed by atoms with van der Waals surface area (Å²) in [6.45, 7) is 3.18. The Morgan fingerprint density at radius 3 is 2.13 bits per heavy atom. The number of carbonyl (C=O) groups excluding carboxylic acids is 3. The summed E-state index contributed by atoms with van der Waals surface area (Å²) in [6, 6.07) is 10.2. The lowest BCUT2D eigenvalue weighted by Crippen LogP contribution is -2.49. The van der Waals surface area contributed by atoms with Gasteiger partial charge in [0.15, 0.2) is 0 Å². The topological polar surface area (TPSA) is 60.9 Å². The largest absolute Gasteiger partial charge is 0.368 e. The van der Waals surface area contributed by atoms with Gasteiger partial charge < -0.3 is 9.80 Å². The first-order valence-corrected chi connectivity index (χ1v) is 8.06. The molecule has 1 aromatic rings. The van der Waals surface area contributed by atoms with Crippen molar-refractivity contribution < 1.29 is 14.4 Å². The number of nitrogens with zero attached hydrogens (tertiary/aromatic N) is 3.